The third kappa shape index (κ3) is 5.01. The molecule has 1 fully saturated rings. The van der Waals surface area contributed by atoms with Crippen molar-refractivity contribution in [3.63, 3.8) is 0 Å². The van der Waals surface area contributed by atoms with Crippen LogP contribution < -0.4 is 5.09 Å². The van der Waals surface area contributed by atoms with Gasteiger partial charge in [0.25, 0.3) is 0 Å². The summed E-state index contributed by atoms with van der Waals surface area (Å²) in [7, 11) is -1.36. The van der Waals surface area contributed by atoms with Crippen molar-refractivity contribution in [3.8, 4) is 0 Å². The fourth-order valence-corrected chi connectivity index (χ4v) is 2.75. The average molecular weight is 262 g/mol. The zero-order chi connectivity index (χ0) is 13.0. The predicted octanol–water partition coefficient (Wildman–Crippen LogP) is 2.70. The maximum atomic E-state index is 11.8. The average Bonchev–Trinajstić information content (AvgIpc) is 2.55. The Morgan fingerprint density at radius 1 is 1.41 bits per heavy atom. The Hall–Kier alpha value is -0.0200. The molecule has 0 bridgehead atoms. The normalized spacial score (nSPS) is 30.3. The minimum atomic E-state index is -1.36. The first kappa shape index (κ1) is 15.0. The second kappa shape index (κ2) is 6.79. The molecule has 4 nitrogen and oxygen atoms in total. The van der Waals surface area contributed by atoms with Crippen LogP contribution >= 0.6 is 7.95 Å². The summed E-state index contributed by atoms with van der Waals surface area (Å²) < 4.78 is 23.2. The zero-order valence-corrected chi connectivity index (χ0v) is 12.4. The Morgan fingerprint density at radius 3 is 2.59 bits per heavy atom. The van der Waals surface area contributed by atoms with Crippen LogP contribution in [-0.2, 0) is 14.0 Å². The highest BCUT2D eigenvalue weighted by molar-refractivity contribution is 7.43. The molecule has 0 spiro atoms. The molecule has 17 heavy (non-hydrogen) atoms. The van der Waals surface area contributed by atoms with Gasteiger partial charge < -0.3 is 9.47 Å². The molecule has 0 radical (unpaired) electrons. The van der Waals surface area contributed by atoms with Crippen LogP contribution in [0.3, 0.4) is 0 Å². The molecule has 0 aromatic carbocycles. The molecule has 1 saturated heterocycles. The van der Waals surface area contributed by atoms with Crippen molar-refractivity contribution in [2.24, 2.45) is 0 Å². The summed E-state index contributed by atoms with van der Waals surface area (Å²) >= 11 is 0. The highest BCUT2D eigenvalue weighted by Crippen LogP contribution is 2.29. The molecule has 0 saturated carbocycles. The van der Waals surface area contributed by atoms with Crippen molar-refractivity contribution >= 4 is 7.95 Å². The van der Waals surface area contributed by atoms with Crippen LogP contribution in [0.25, 0.3) is 0 Å². The summed E-state index contributed by atoms with van der Waals surface area (Å²) in [5.74, 6) is 0. The molecule has 1 rings (SSSR count). The van der Waals surface area contributed by atoms with Crippen molar-refractivity contribution < 1.29 is 14.0 Å². The smallest absolute Gasteiger partial charge is 0.376 e. The number of rotatable bonds is 6. The zero-order valence-electron chi connectivity index (χ0n) is 11.5. The second-order valence-corrected chi connectivity index (χ2v) is 7.20. The standard InChI is InChI=1S/C12H25NO3P/c1-8(2)15-7-12-11(6-10(5)16-12)13-17(14)9(3)4/h8-12H,6-7H2,1-5H3,(H,13,14)/q+1/t10-,11?,12+/m0/s1. The molecule has 0 aliphatic carbocycles. The molecule has 100 valence electrons. The molecule has 1 aliphatic rings. The quantitative estimate of drug-likeness (QED) is 0.748. The molecular weight excluding hydrogens is 237 g/mol. The monoisotopic (exact) mass is 262 g/mol. The van der Waals surface area contributed by atoms with Gasteiger partial charge in [-0.2, -0.15) is 0 Å². The van der Waals surface area contributed by atoms with E-state index < -0.39 is 7.95 Å². The van der Waals surface area contributed by atoms with Crippen LogP contribution in [0.5, 0.6) is 0 Å². The maximum absolute atomic E-state index is 11.8. The van der Waals surface area contributed by atoms with Gasteiger partial charge in [0.1, 0.15) is 6.10 Å². The minimum absolute atomic E-state index is 0.0186. The van der Waals surface area contributed by atoms with E-state index in [2.05, 4.69) is 5.09 Å². The lowest BCUT2D eigenvalue weighted by molar-refractivity contribution is -0.0323. The van der Waals surface area contributed by atoms with Crippen LogP contribution in [0, 0.1) is 0 Å². The van der Waals surface area contributed by atoms with Crippen LogP contribution in [-0.4, -0.2) is 36.6 Å². The summed E-state index contributed by atoms with van der Waals surface area (Å²) in [5.41, 5.74) is 0.160. The van der Waals surface area contributed by atoms with Gasteiger partial charge in [-0.05, 0) is 41.0 Å². The maximum Gasteiger partial charge on any atom is 0.435 e. The molecular formula is C12H25NO3P+. The van der Waals surface area contributed by atoms with E-state index in [0.717, 1.165) is 6.42 Å². The van der Waals surface area contributed by atoms with E-state index in [1.807, 2.05) is 34.6 Å². The van der Waals surface area contributed by atoms with Crippen LogP contribution in [0.2, 0.25) is 0 Å². The van der Waals surface area contributed by atoms with Gasteiger partial charge in [-0.1, -0.05) is 4.57 Å². The first-order valence-electron chi connectivity index (χ1n) is 6.39. The van der Waals surface area contributed by atoms with Crippen LogP contribution in [0.4, 0.5) is 0 Å². The number of nitrogens with one attached hydrogen (secondary N) is 1. The predicted molar refractivity (Wildman–Crippen MR) is 69.7 cm³/mol. The molecule has 1 heterocycles. The van der Waals surface area contributed by atoms with Crippen LogP contribution in [0.1, 0.15) is 41.0 Å². The highest BCUT2D eigenvalue weighted by atomic mass is 31.1. The van der Waals surface area contributed by atoms with Gasteiger partial charge in [-0.3, -0.25) is 0 Å². The van der Waals surface area contributed by atoms with Crippen molar-refractivity contribution in [3.05, 3.63) is 0 Å². The van der Waals surface area contributed by atoms with Gasteiger partial charge in [0.15, 0.2) is 5.66 Å². The van der Waals surface area contributed by atoms with E-state index in [4.69, 9.17) is 9.47 Å². The number of hydrogen-bond donors (Lipinski definition) is 1. The van der Waals surface area contributed by atoms with E-state index in [-0.39, 0.29) is 30.0 Å². The summed E-state index contributed by atoms with van der Waals surface area (Å²) in [6.45, 7) is 10.6. The topological polar surface area (TPSA) is 47.6 Å². The Balaban J connectivity index is 2.47. The molecule has 0 amide bonds. The summed E-state index contributed by atoms with van der Waals surface area (Å²) in [5, 5.41) is 3.19. The first-order valence-corrected chi connectivity index (χ1v) is 7.72. The molecule has 5 heteroatoms. The van der Waals surface area contributed by atoms with E-state index in [1.54, 1.807) is 0 Å². The lowest BCUT2D eigenvalue weighted by atomic mass is 10.1. The van der Waals surface area contributed by atoms with Crippen molar-refractivity contribution in [1.29, 1.82) is 0 Å². The van der Waals surface area contributed by atoms with E-state index in [0.29, 0.717) is 6.61 Å². The molecule has 0 aromatic rings. The number of ether oxygens (including phenoxy) is 2. The van der Waals surface area contributed by atoms with Gasteiger partial charge in [0, 0.05) is 0 Å². The van der Waals surface area contributed by atoms with Gasteiger partial charge >= 0.3 is 7.95 Å². The van der Waals surface area contributed by atoms with E-state index in [1.165, 1.54) is 0 Å². The minimum Gasteiger partial charge on any atom is -0.376 e. The van der Waals surface area contributed by atoms with E-state index >= 15 is 0 Å². The Labute approximate surface area is 105 Å². The van der Waals surface area contributed by atoms with Gasteiger partial charge in [-0.25, -0.2) is 0 Å². The fraction of sp³-hybridized carbons (Fsp3) is 1.00. The highest BCUT2D eigenvalue weighted by Gasteiger charge is 2.38. The lowest BCUT2D eigenvalue weighted by Crippen LogP contribution is -2.36. The first-order chi connectivity index (χ1) is 7.90. The third-order valence-corrected chi connectivity index (χ3v) is 4.32. The summed E-state index contributed by atoms with van der Waals surface area (Å²) in [6.07, 6.45) is 1.34. The van der Waals surface area contributed by atoms with E-state index in [9.17, 15) is 4.57 Å². The Kier molecular flexibility index (Phi) is 6.01. The molecule has 2 unspecified atom stereocenters. The van der Waals surface area contributed by atoms with Gasteiger partial charge in [-0.15, -0.1) is 5.09 Å². The Bertz CT molecular complexity index is 258. The third-order valence-electron chi connectivity index (χ3n) is 2.80. The SMILES string of the molecule is CC(C)OC[C@H]1O[C@@H](C)CC1N[P+](=O)C(C)C. The van der Waals surface area contributed by atoms with Crippen molar-refractivity contribution in [1.82, 2.24) is 5.09 Å². The Morgan fingerprint density at radius 2 is 2.06 bits per heavy atom. The van der Waals surface area contributed by atoms with Crippen molar-refractivity contribution in [2.75, 3.05) is 6.61 Å². The van der Waals surface area contributed by atoms with Crippen LogP contribution in [0.15, 0.2) is 0 Å². The molecule has 0 aromatic heterocycles. The summed E-state index contributed by atoms with van der Waals surface area (Å²) in [6, 6.07) is 0.148. The lowest BCUT2D eigenvalue weighted by Gasteiger charge is -2.17. The fourth-order valence-electron chi connectivity index (χ4n) is 1.85. The van der Waals surface area contributed by atoms with Crippen molar-refractivity contribution in [2.45, 2.75) is 71.1 Å². The molecule has 1 N–H and O–H groups in total. The molecule has 4 atom stereocenters. The van der Waals surface area contributed by atoms with Gasteiger partial charge in [0.05, 0.1) is 24.9 Å². The second-order valence-electron chi connectivity index (χ2n) is 5.26. The van der Waals surface area contributed by atoms with Gasteiger partial charge in [0.2, 0.25) is 0 Å². The molecule has 1 aliphatic heterocycles. The summed E-state index contributed by atoms with van der Waals surface area (Å²) in [4.78, 5) is 0. The largest absolute Gasteiger partial charge is 0.435 e. The number of hydrogen-bond acceptors (Lipinski definition) is 3.